The maximum Gasteiger partial charge on any atom is 0.0679 e. The summed E-state index contributed by atoms with van der Waals surface area (Å²) in [5.41, 5.74) is 4.25. The van der Waals surface area contributed by atoms with Crippen LogP contribution >= 0.6 is 0 Å². The summed E-state index contributed by atoms with van der Waals surface area (Å²) in [6, 6.07) is 25.6. The summed E-state index contributed by atoms with van der Waals surface area (Å²) in [5.74, 6) is 0.642. The smallest absolute Gasteiger partial charge is 0.0679 e. The molecule has 3 nitrogen and oxygen atoms in total. The maximum atomic E-state index is 9.76. The van der Waals surface area contributed by atoms with E-state index < -0.39 is 0 Å². The van der Waals surface area contributed by atoms with Gasteiger partial charge in [0.05, 0.1) is 6.10 Å². The predicted molar refractivity (Wildman–Crippen MR) is 133 cm³/mol. The summed E-state index contributed by atoms with van der Waals surface area (Å²) in [4.78, 5) is 2.36. The van der Waals surface area contributed by atoms with Gasteiger partial charge in [0, 0.05) is 31.7 Å². The second kappa shape index (κ2) is 9.74. The number of aliphatic hydroxyl groups is 1. The molecule has 1 aliphatic heterocycles. The minimum absolute atomic E-state index is 0.141. The van der Waals surface area contributed by atoms with E-state index in [4.69, 9.17) is 0 Å². The van der Waals surface area contributed by atoms with E-state index in [1.165, 1.54) is 53.1 Å². The Hall–Kier alpha value is -2.20. The minimum atomic E-state index is -0.141. The normalized spacial score (nSPS) is 25.2. The summed E-state index contributed by atoms with van der Waals surface area (Å²) >= 11 is 0. The predicted octanol–water partition coefficient (Wildman–Crippen LogP) is 5.78. The van der Waals surface area contributed by atoms with Gasteiger partial charge in [0.1, 0.15) is 0 Å². The highest BCUT2D eigenvalue weighted by atomic mass is 16.3. The molecule has 1 saturated heterocycles. The van der Waals surface area contributed by atoms with Crippen molar-refractivity contribution < 1.29 is 5.11 Å². The third-order valence-corrected chi connectivity index (χ3v) is 7.55. The van der Waals surface area contributed by atoms with Crippen LogP contribution in [-0.2, 0) is 6.54 Å². The number of hydrogen-bond acceptors (Lipinski definition) is 3. The topological polar surface area (TPSA) is 35.5 Å². The molecular weight excluding hydrogens is 392 g/mol. The van der Waals surface area contributed by atoms with Gasteiger partial charge in [0.2, 0.25) is 0 Å². The molecule has 168 valence electrons. The van der Waals surface area contributed by atoms with Gasteiger partial charge in [-0.3, -0.25) is 4.90 Å². The first-order chi connectivity index (χ1) is 15.7. The lowest BCUT2D eigenvalue weighted by molar-refractivity contribution is 0.175. The Morgan fingerprint density at radius 3 is 2.59 bits per heavy atom. The molecule has 5 rings (SSSR count). The van der Waals surface area contributed by atoms with Gasteiger partial charge in [0.15, 0.2) is 0 Å². The first kappa shape index (κ1) is 21.6. The molecule has 0 amide bonds. The number of nitrogens with zero attached hydrogens (tertiary/aromatic N) is 1. The number of benzene rings is 3. The highest BCUT2D eigenvalue weighted by Crippen LogP contribution is 2.35. The zero-order valence-corrected chi connectivity index (χ0v) is 19.2. The number of fused-ring (bicyclic) bond motifs is 1. The summed E-state index contributed by atoms with van der Waals surface area (Å²) in [6.07, 6.45) is 5.83. The van der Waals surface area contributed by atoms with Gasteiger partial charge < -0.3 is 10.4 Å². The molecular formula is C29H36N2O. The van der Waals surface area contributed by atoms with Gasteiger partial charge in [-0.15, -0.1) is 0 Å². The van der Waals surface area contributed by atoms with E-state index in [0.717, 1.165) is 26.1 Å². The van der Waals surface area contributed by atoms with E-state index in [9.17, 15) is 5.11 Å². The van der Waals surface area contributed by atoms with Crippen LogP contribution < -0.4 is 5.32 Å². The maximum absolute atomic E-state index is 9.76. The molecule has 1 heterocycles. The lowest BCUT2D eigenvalue weighted by Gasteiger charge is -2.32. The van der Waals surface area contributed by atoms with E-state index in [-0.39, 0.29) is 6.10 Å². The molecule has 3 aromatic carbocycles. The van der Waals surface area contributed by atoms with Crippen molar-refractivity contribution in [3.05, 3.63) is 83.4 Å². The van der Waals surface area contributed by atoms with Crippen molar-refractivity contribution in [2.45, 2.75) is 69.7 Å². The SMILES string of the molecule is CC(NC1CCCC(c2ccc(CN3CCC(O)C3)cc2)C1)c1cccc2ccccc12. The van der Waals surface area contributed by atoms with Crippen molar-refractivity contribution in [1.82, 2.24) is 10.2 Å². The molecule has 0 aromatic heterocycles. The van der Waals surface area contributed by atoms with Gasteiger partial charge in [-0.25, -0.2) is 0 Å². The highest BCUT2D eigenvalue weighted by Gasteiger charge is 2.25. The molecule has 0 spiro atoms. The number of aliphatic hydroxyl groups excluding tert-OH is 1. The van der Waals surface area contributed by atoms with Crippen LogP contribution in [0.2, 0.25) is 0 Å². The Morgan fingerprint density at radius 1 is 0.969 bits per heavy atom. The molecule has 4 unspecified atom stereocenters. The van der Waals surface area contributed by atoms with Crippen LogP contribution in [0.15, 0.2) is 66.7 Å². The zero-order chi connectivity index (χ0) is 21.9. The fourth-order valence-corrected chi connectivity index (χ4v) is 5.82. The Bertz CT molecular complexity index is 1030. The van der Waals surface area contributed by atoms with Gasteiger partial charge >= 0.3 is 0 Å². The average molecular weight is 429 g/mol. The number of β-amino-alcohol motifs (C(OH)–C–C–N with tert-alkyl or cyclic N) is 1. The van der Waals surface area contributed by atoms with Crippen molar-refractivity contribution in [3.63, 3.8) is 0 Å². The molecule has 0 radical (unpaired) electrons. The number of hydrogen-bond donors (Lipinski definition) is 2. The van der Waals surface area contributed by atoms with Crippen molar-refractivity contribution in [2.75, 3.05) is 13.1 Å². The number of likely N-dealkylation sites (tertiary alicyclic amines) is 1. The van der Waals surface area contributed by atoms with Crippen LogP contribution in [0, 0.1) is 0 Å². The lowest BCUT2D eigenvalue weighted by Crippen LogP contribution is -2.35. The largest absolute Gasteiger partial charge is 0.392 e. The second-order valence-electron chi connectivity index (χ2n) is 9.94. The van der Waals surface area contributed by atoms with Crippen LogP contribution in [-0.4, -0.2) is 35.2 Å². The molecule has 4 atom stereocenters. The third-order valence-electron chi connectivity index (χ3n) is 7.55. The monoisotopic (exact) mass is 428 g/mol. The average Bonchev–Trinajstić information content (AvgIpc) is 3.23. The number of nitrogens with one attached hydrogen (secondary N) is 1. The van der Waals surface area contributed by atoms with E-state index in [1.807, 2.05) is 0 Å². The molecule has 1 aliphatic carbocycles. The van der Waals surface area contributed by atoms with E-state index in [0.29, 0.717) is 18.0 Å². The van der Waals surface area contributed by atoms with Crippen LogP contribution in [0.3, 0.4) is 0 Å². The van der Waals surface area contributed by atoms with E-state index in [1.54, 1.807) is 0 Å². The van der Waals surface area contributed by atoms with Gasteiger partial charge in [-0.2, -0.15) is 0 Å². The van der Waals surface area contributed by atoms with Gasteiger partial charge in [-0.05, 0) is 66.0 Å². The molecule has 32 heavy (non-hydrogen) atoms. The first-order valence-electron chi connectivity index (χ1n) is 12.4. The van der Waals surface area contributed by atoms with Crippen molar-refractivity contribution in [3.8, 4) is 0 Å². The summed E-state index contributed by atoms with van der Waals surface area (Å²) in [5, 5.41) is 16.4. The Labute approximate surface area is 192 Å². The van der Waals surface area contributed by atoms with Crippen LogP contribution in [0.25, 0.3) is 10.8 Å². The van der Waals surface area contributed by atoms with Crippen molar-refractivity contribution in [2.24, 2.45) is 0 Å². The van der Waals surface area contributed by atoms with Crippen LogP contribution in [0.4, 0.5) is 0 Å². The van der Waals surface area contributed by atoms with Crippen LogP contribution in [0.1, 0.15) is 67.7 Å². The van der Waals surface area contributed by atoms with Gasteiger partial charge in [0.25, 0.3) is 0 Å². The molecule has 0 bridgehead atoms. The molecule has 3 aromatic rings. The molecule has 2 N–H and O–H groups in total. The quantitative estimate of drug-likeness (QED) is 0.522. The Morgan fingerprint density at radius 2 is 1.78 bits per heavy atom. The highest BCUT2D eigenvalue weighted by molar-refractivity contribution is 5.86. The molecule has 3 heteroatoms. The molecule has 1 saturated carbocycles. The third kappa shape index (κ3) is 4.91. The number of rotatable bonds is 6. The van der Waals surface area contributed by atoms with Crippen molar-refractivity contribution >= 4 is 10.8 Å². The minimum Gasteiger partial charge on any atom is -0.392 e. The van der Waals surface area contributed by atoms with Gasteiger partial charge in [-0.1, -0.05) is 73.2 Å². The fourth-order valence-electron chi connectivity index (χ4n) is 5.82. The Balaban J connectivity index is 1.21. The summed E-state index contributed by atoms with van der Waals surface area (Å²) in [6.45, 7) is 5.09. The summed E-state index contributed by atoms with van der Waals surface area (Å²) < 4.78 is 0. The molecule has 2 fully saturated rings. The standard InChI is InChI=1S/C29H36N2O/c1-21(28-11-5-7-24-6-2-3-10-29(24)28)30-26-9-4-8-25(18-26)23-14-12-22(13-15-23)19-31-17-16-27(32)20-31/h2-3,5-7,10-15,21,25-27,30,32H,4,8-9,16-20H2,1H3. The van der Waals surface area contributed by atoms with Crippen molar-refractivity contribution in [1.29, 1.82) is 0 Å². The van der Waals surface area contributed by atoms with E-state index in [2.05, 4.69) is 83.9 Å². The zero-order valence-electron chi connectivity index (χ0n) is 19.2. The van der Waals surface area contributed by atoms with E-state index >= 15 is 0 Å². The fraction of sp³-hybridized carbons (Fsp3) is 0.448. The van der Waals surface area contributed by atoms with Crippen LogP contribution in [0.5, 0.6) is 0 Å². The second-order valence-corrected chi connectivity index (χ2v) is 9.94. The first-order valence-corrected chi connectivity index (χ1v) is 12.4. The lowest BCUT2D eigenvalue weighted by atomic mass is 9.80. The Kier molecular flexibility index (Phi) is 6.59. The summed E-state index contributed by atoms with van der Waals surface area (Å²) in [7, 11) is 0. The molecule has 2 aliphatic rings.